The lowest BCUT2D eigenvalue weighted by atomic mass is 10.2. The maximum atomic E-state index is 12.6. The van der Waals surface area contributed by atoms with Crippen LogP contribution in [0.1, 0.15) is 10.4 Å². The molecule has 0 N–H and O–H groups in total. The Morgan fingerprint density at radius 1 is 0.963 bits per heavy atom. The van der Waals surface area contributed by atoms with Gasteiger partial charge in [-0.15, -0.1) is 11.3 Å². The maximum absolute atomic E-state index is 12.6. The van der Waals surface area contributed by atoms with Crippen molar-refractivity contribution in [3.8, 4) is 10.4 Å². The van der Waals surface area contributed by atoms with Crippen LogP contribution in [0.4, 0.5) is 5.69 Å². The molecule has 1 amide bonds. The average Bonchev–Trinajstić information content (AvgIpc) is 3.26. The van der Waals surface area contributed by atoms with E-state index in [2.05, 4.69) is 29.3 Å². The van der Waals surface area contributed by atoms with Crippen LogP contribution in [-0.2, 0) is 4.79 Å². The SMILES string of the molecule is Cc1ccc(/N=C2/S/C(=C\c3ccc(-c4ccccc4)s3)C(=O)N2C)cc1. The number of nitrogens with zero attached hydrogens (tertiary/aromatic N) is 2. The van der Waals surface area contributed by atoms with Crippen LogP contribution in [0.5, 0.6) is 0 Å². The number of carbonyl (C=O) groups is 1. The summed E-state index contributed by atoms with van der Waals surface area (Å²) in [6.07, 6.45) is 1.96. The lowest BCUT2D eigenvalue weighted by Gasteiger charge is -2.07. The number of benzene rings is 2. The monoisotopic (exact) mass is 390 g/mol. The summed E-state index contributed by atoms with van der Waals surface area (Å²) in [7, 11) is 1.77. The van der Waals surface area contributed by atoms with Crippen molar-refractivity contribution < 1.29 is 4.79 Å². The van der Waals surface area contributed by atoms with Crippen molar-refractivity contribution in [3.05, 3.63) is 82.1 Å². The molecule has 27 heavy (non-hydrogen) atoms. The molecule has 3 nitrogen and oxygen atoms in total. The second kappa shape index (κ2) is 7.55. The number of amides is 1. The number of hydrogen-bond acceptors (Lipinski definition) is 4. The summed E-state index contributed by atoms with van der Waals surface area (Å²) in [4.78, 5) is 21.8. The zero-order valence-corrected chi connectivity index (χ0v) is 16.7. The van der Waals surface area contributed by atoms with E-state index in [9.17, 15) is 4.79 Å². The highest BCUT2D eigenvalue weighted by Gasteiger charge is 2.30. The molecule has 0 unspecified atom stereocenters. The van der Waals surface area contributed by atoms with Gasteiger partial charge in [-0.05, 0) is 54.6 Å². The Morgan fingerprint density at radius 3 is 2.44 bits per heavy atom. The quantitative estimate of drug-likeness (QED) is 0.517. The van der Waals surface area contributed by atoms with Gasteiger partial charge in [-0.25, -0.2) is 4.99 Å². The first kappa shape index (κ1) is 17.8. The van der Waals surface area contributed by atoms with Crippen LogP contribution >= 0.6 is 23.1 Å². The Labute approximate surface area is 167 Å². The van der Waals surface area contributed by atoms with Crippen LogP contribution in [0.25, 0.3) is 16.5 Å². The van der Waals surface area contributed by atoms with Crippen molar-refractivity contribution in [2.45, 2.75) is 6.92 Å². The van der Waals surface area contributed by atoms with E-state index >= 15 is 0 Å². The van der Waals surface area contributed by atoms with Gasteiger partial charge in [-0.2, -0.15) is 0 Å². The fraction of sp³-hybridized carbons (Fsp3) is 0.0909. The minimum atomic E-state index is -0.0134. The van der Waals surface area contributed by atoms with Crippen molar-refractivity contribution >= 4 is 45.9 Å². The zero-order valence-electron chi connectivity index (χ0n) is 15.0. The summed E-state index contributed by atoms with van der Waals surface area (Å²) in [6, 6.07) is 22.4. The van der Waals surface area contributed by atoms with Gasteiger partial charge in [-0.3, -0.25) is 9.69 Å². The van der Waals surface area contributed by atoms with Gasteiger partial charge in [0.15, 0.2) is 5.17 Å². The first-order valence-electron chi connectivity index (χ1n) is 8.58. The fourth-order valence-corrected chi connectivity index (χ4v) is 4.71. The number of thiophene rings is 1. The lowest BCUT2D eigenvalue weighted by molar-refractivity contribution is -0.121. The van der Waals surface area contributed by atoms with Gasteiger partial charge >= 0.3 is 0 Å². The molecule has 1 aromatic heterocycles. The van der Waals surface area contributed by atoms with Crippen molar-refractivity contribution in [1.29, 1.82) is 0 Å². The summed E-state index contributed by atoms with van der Waals surface area (Å²) in [5.74, 6) is -0.0134. The minimum Gasteiger partial charge on any atom is -0.290 e. The standard InChI is InChI=1S/C22H18N2OS2/c1-15-8-10-17(11-9-15)23-22-24(2)21(25)20(27-22)14-18-12-13-19(26-18)16-6-4-3-5-7-16/h3-14H,1-2H3/b20-14-,23-22+. The molecule has 0 radical (unpaired) electrons. The third-order valence-electron chi connectivity index (χ3n) is 4.22. The number of thioether (sulfide) groups is 1. The summed E-state index contributed by atoms with van der Waals surface area (Å²) >= 11 is 3.10. The van der Waals surface area contributed by atoms with Crippen LogP contribution in [0.15, 0.2) is 76.6 Å². The number of aliphatic imine (C=N–C) groups is 1. The largest absolute Gasteiger partial charge is 0.290 e. The molecule has 4 rings (SSSR count). The van der Waals surface area contributed by atoms with E-state index in [1.807, 2.05) is 55.5 Å². The Bertz CT molecular complexity index is 1030. The van der Waals surface area contributed by atoms with Crippen LogP contribution in [0.2, 0.25) is 0 Å². The highest BCUT2D eigenvalue weighted by Crippen LogP contribution is 2.35. The second-order valence-corrected chi connectivity index (χ2v) is 8.40. The highest BCUT2D eigenvalue weighted by molar-refractivity contribution is 8.18. The number of likely N-dealkylation sites (N-methyl/N-ethyl adjacent to an activating group) is 1. The summed E-state index contributed by atoms with van der Waals surface area (Å²) < 4.78 is 0. The van der Waals surface area contributed by atoms with Crippen molar-refractivity contribution in [3.63, 3.8) is 0 Å². The van der Waals surface area contributed by atoms with Gasteiger partial charge in [0, 0.05) is 16.8 Å². The molecule has 0 bridgehead atoms. The Morgan fingerprint density at radius 2 is 1.70 bits per heavy atom. The molecular weight excluding hydrogens is 372 g/mol. The minimum absolute atomic E-state index is 0.0134. The normalized spacial score (nSPS) is 17.3. The molecule has 1 fully saturated rings. The molecule has 3 aromatic rings. The zero-order chi connectivity index (χ0) is 18.8. The van der Waals surface area contributed by atoms with Crippen molar-refractivity contribution in [1.82, 2.24) is 4.90 Å². The molecule has 0 spiro atoms. The van der Waals surface area contributed by atoms with E-state index in [1.54, 1.807) is 23.3 Å². The van der Waals surface area contributed by atoms with Gasteiger partial charge in [-0.1, -0.05) is 48.0 Å². The summed E-state index contributed by atoms with van der Waals surface area (Å²) in [5, 5.41) is 0.704. The third kappa shape index (κ3) is 3.89. The Kier molecular flexibility index (Phi) is 4.97. The third-order valence-corrected chi connectivity index (χ3v) is 6.36. The second-order valence-electron chi connectivity index (χ2n) is 6.27. The molecule has 0 atom stereocenters. The van der Waals surface area contributed by atoms with Gasteiger partial charge in [0.05, 0.1) is 10.6 Å². The predicted octanol–water partition coefficient (Wildman–Crippen LogP) is 5.96. The molecular formula is C22H18N2OS2. The number of hydrogen-bond donors (Lipinski definition) is 0. The summed E-state index contributed by atoms with van der Waals surface area (Å²) in [5.41, 5.74) is 3.23. The van der Waals surface area contributed by atoms with E-state index in [4.69, 9.17) is 0 Å². The summed E-state index contributed by atoms with van der Waals surface area (Å²) in [6.45, 7) is 2.04. The molecule has 2 aromatic carbocycles. The predicted molar refractivity (Wildman–Crippen MR) is 116 cm³/mol. The maximum Gasteiger partial charge on any atom is 0.266 e. The molecule has 134 valence electrons. The van der Waals surface area contributed by atoms with E-state index in [0.717, 1.165) is 10.6 Å². The number of aryl methyl sites for hydroxylation is 1. The fourth-order valence-electron chi connectivity index (χ4n) is 2.70. The smallest absolute Gasteiger partial charge is 0.266 e. The average molecular weight is 391 g/mol. The van der Waals surface area contributed by atoms with Crippen molar-refractivity contribution in [2.24, 2.45) is 4.99 Å². The highest BCUT2D eigenvalue weighted by atomic mass is 32.2. The van der Waals surface area contributed by atoms with E-state index in [1.165, 1.54) is 27.8 Å². The van der Waals surface area contributed by atoms with Gasteiger partial charge in [0.1, 0.15) is 0 Å². The Balaban J connectivity index is 1.58. The van der Waals surface area contributed by atoms with Crippen molar-refractivity contribution in [2.75, 3.05) is 7.05 Å². The van der Waals surface area contributed by atoms with Crippen LogP contribution in [0, 0.1) is 6.92 Å². The van der Waals surface area contributed by atoms with E-state index < -0.39 is 0 Å². The number of carbonyl (C=O) groups excluding carboxylic acids is 1. The molecule has 5 heteroatoms. The van der Waals surface area contributed by atoms with E-state index in [0.29, 0.717) is 10.1 Å². The molecule has 1 saturated heterocycles. The molecule has 1 aliphatic heterocycles. The first-order chi connectivity index (χ1) is 13.1. The van der Waals surface area contributed by atoms with Gasteiger partial charge in [0.25, 0.3) is 5.91 Å². The molecule has 0 aliphatic carbocycles. The Hall–Kier alpha value is -2.63. The first-order valence-corrected chi connectivity index (χ1v) is 10.2. The molecule has 0 saturated carbocycles. The van der Waals surface area contributed by atoms with Crippen LogP contribution in [0.3, 0.4) is 0 Å². The van der Waals surface area contributed by atoms with E-state index in [-0.39, 0.29) is 5.91 Å². The lowest BCUT2D eigenvalue weighted by Crippen LogP contribution is -2.23. The number of amidine groups is 1. The van der Waals surface area contributed by atoms with Gasteiger partial charge in [0.2, 0.25) is 0 Å². The molecule has 2 heterocycles. The molecule has 1 aliphatic rings. The van der Waals surface area contributed by atoms with Crippen LogP contribution in [-0.4, -0.2) is 23.0 Å². The number of rotatable bonds is 3. The van der Waals surface area contributed by atoms with Crippen LogP contribution < -0.4 is 0 Å². The topological polar surface area (TPSA) is 32.7 Å². The van der Waals surface area contributed by atoms with Gasteiger partial charge < -0.3 is 0 Å².